The van der Waals surface area contributed by atoms with Gasteiger partial charge in [0, 0.05) is 30.7 Å². The van der Waals surface area contributed by atoms with Crippen LogP contribution in [0.2, 0.25) is 0 Å². The van der Waals surface area contributed by atoms with E-state index in [4.69, 9.17) is 0 Å². The van der Waals surface area contributed by atoms with Gasteiger partial charge in [-0.1, -0.05) is 47.1 Å². The van der Waals surface area contributed by atoms with E-state index in [1.54, 1.807) is 23.8 Å². The number of nitrogens with one attached hydrogen (secondary N) is 2. The number of amides is 4. The fourth-order valence-electron chi connectivity index (χ4n) is 6.13. The zero-order valence-corrected chi connectivity index (χ0v) is 28.5. The van der Waals surface area contributed by atoms with Crippen LogP contribution in [-0.2, 0) is 19.2 Å². The van der Waals surface area contributed by atoms with Gasteiger partial charge in [-0.25, -0.2) is 0 Å². The largest absolute Gasteiger partial charge is 0.350 e. The Labute approximate surface area is 255 Å². The molecule has 2 aliphatic rings. The van der Waals surface area contributed by atoms with Crippen LogP contribution in [0.15, 0.2) is 11.6 Å². The van der Waals surface area contributed by atoms with Gasteiger partial charge in [-0.05, 0) is 85.1 Å². The quantitative estimate of drug-likeness (QED) is 0.394. The summed E-state index contributed by atoms with van der Waals surface area (Å²) in [6.45, 7) is 23.1. The molecule has 0 aliphatic carbocycles. The monoisotopic (exact) mass is 589 g/mol. The van der Waals surface area contributed by atoms with Crippen LogP contribution < -0.4 is 10.6 Å². The molecule has 2 fully saturated rings. The third kappa shape index (κ3) is 9.29. The molecule has 0 saturated carbocycles. The van der Waals surface area contributed by atoms with Crippen molar-refractivity contribution < 1.29 is 19.2 Å². The second-order valence-electron chi connectivity index (χ2n) is 15.1. The fourth-order valence-corrected chi connectivity index (χ4v) is 6.13. The molecule has 0 bridgehead atoms. The summed E-state index contributed by atoms with van der Waals surface area (Å²) in [4.78, 5) is 59.7. The van der Waals surface area contributed by atoms with Gasteiger partial charge >= 0.3 is 0 Å². The van der Waals surface area contributed by atoms with Crippen molar-refractivity contribution in [3.63, 3.8) is 0 Å². The molecule has 42 heavy (non-hydrogen) atoms. The van der Waals surface area contributed by atoms with Crippen molar-refractivity contribution in [3.05, 3.63) is 11.6 Å². The number of rotatable bonds is 9. The van der Waals surface area contributed by atoms with Crippen molar-refractivity contribution in [1.29, 1.82) is 0 Å². The highest BCUT2D eigenvalue weighted by atomic mass is 16.2. The molecule has 2 aliphatic heterocycles. The molecule has 0 aromatic heterocycles. The molecule has 2 heterocycles. The van der Waals surface area contributed by atoms with E-state index in [1.807, 2.05) is 61.5 Å². The Morgan fingerprint density at radius 2 is 1.45 bits per heavy atom. The van der Waals surface area contributed by atoms with Crippen molar-refractivity contribution in [2.24, 2.45) is 11.3 Å². The lowest BCUT2D eigenvalue weighted by Crippen LogP contribution is -2.60. The SMILES string of the molecule is C/C(=C\[C@H](C(C)C)N(C)C(=O)[C@@H](NC(=O)C1CCCCN1C(C)C)C(C)(C)C)C(=O)N1CCC[C@H]1C(=O)NC(C)(C)C. The number of hydrogen-bond donors (Lipinski definition) is 2. The molecule has 4 amide bonds. The predicted octanol–water partition coefficient (Wildman–Crippen LogP) is 4.12. The second kappa shape index (κ2) is 14.4. The van der Waals surface area contributed by atoms with Crippen LogP contribution in [0.4, 0.5) is 0 Å². The third-order valence-corrected chi connectivity index (χ3v) is 8.46. The molecule has 1 unspecified atom stereocenters. The van der Waals surface area contributed by atoms with E-state index in [0.29, 0.717) is 18.5 Å². The summed E-state index contributed by atoms with van der Waals surface area (Å²) in [6.07, 6.45) is 6.12. The van der Waals surface area contributed by atoms with Gasteiger partial charge in [-0.3, -0.25) is 24.1 Å². The van der Waals surface area contributed by atoms with Crippen LogP contribution in [0.1, 0.15) is 108 Å². The highest BCUT2D eigenvalue weighted by Gasteiger charge is 2.40. The molecular formula is C33H59N5O4. The average Bonchev–Trinajstić information content (AvgIpc) is 3.37. The maximum Gasteiger partial charge on any atom is 0.249 e. The van der Waals surface area contributed by atoms with Crippen LogP contribution in [-0.4, -0.2) is 94.2 Å². The number of carbonyl (C=O) groups excluding carboxylic acids is 4. The maximum absolute atomic E-state index is 14.1. The fraction of sp³-hybridized carbons (Fsp3) is 0.818. The number of nitrogens with zero attached hydrogens (tertiary/aromatic N) is 3. The van der Waals surface area contributed by atoms with Crippen LogP contribution in [0.3, 0.4) is 0 Å². The van der Waals surface area contributed by atoms with E-state index in [1.165, 1.54) is 0 Å². The van der Waals surface area contributed by atoms with Crippen molar-refractivity contribution in [3.8, 4) is 0 Å². The highest BCUT2D eigenvalue weighted by Crippen LogP contribution is 2.27. The van der Waals surface area contributed by atoms with Gasteiger partial charge in [0.1, 0.15) is 12.1 Å². The van der Waals surface area contributed by atoms with Crippen LogP contribution >= 0.6 is 0 Å². The lowest BCUT2D eigenvalue weighted by Gasteiger charge is -2.41. The molecule has 2 saturated heterocycles. The summed E-state index contributed by atoms with van der Waals surface area (Å²) in [5.41, 5.74) is -0.388. The summed E-state index contributed by atoms with van der Waals surface area (Å²) in [5, 5.41) is 6.14. The molecule has 2 N–H and O–H groups in total. The van der Waals surface area contributed by atoms with E-state index >= 15 is 0 Å². The highest BCUT2D eigenvalue weighted by molar-refractivity contribution is 5.97. The second-order valence-corrected chi connectivity index (χ2v) is 15.1. The normalized spacial score (nSPS) is 22.2. The average molecular weight is 590 g/mol. The molecule has 0 spiro atoms. The lowest BCUT2D eigenvalue weighted by atomic mass is 9.84. The Balaban J connectivity index is 2.27. The number of likely N-dealkylation sites (tertiary alicyclic amines) is 2. The first-order chi connectivity index (χ1) is 19.3. The number of piperidine rings is 1. The molecule has 4 atom stereocenters. The topological polar surface area (TPSA) is 102 Å². The molecule has 0 aromatic rings. The van der Waals surface area contributed by atoms with Crippen molar-refractivity contribution in [2.45, 2.75) is 144 Å². The Morgan fingerprint density at radius 3 is 1.98 bits per heavy atom. The van der Waals surface area contributed by atoms with Crippen molar-refractivity contribution in [2.75, 3.05) is 20.1 Å². The van der Waals surface area contributed by atoms with E-state index in [9.17, 15) is 19.2 Å². The van der Waals surface area contributed by atoms with E-state index < -0.39 is 17.5 Å². The molecule has 0 aromatic carbocycles. The first-order valence-corrected chi connectivity index (χ1v) is 15.9. The molecule has 2 rings (SSSR count). The lowest BCUT2D eigenvalue weighted by molar-refractivity contribution is -0.142. The van der Waals surface area contributed by atoms with Gasteiger partial charge in [0.2, 0.25) is 23.6 Å². The van der Waals surface area contributed by atoms with Gasteiger partial charge in [0.15, 0.2) is 0 Å². The summed E-state index contributed by atoms with van der Waals surface area (Å²) >= 11 is 0. The number of likely N-dealkylation sites (N-methyl/N-ethyl adjacent to an activating group) is 1. The number of hydrogen-bond acceptors (Lipinski definition) is 5. The molecule has 9 heteroatoms. The Hall–Kier alpha value is -2.42. The van der Waals surface area contributed by atoms with Gasteiger partial charge in [0.05, 0.1) is 12.1 Å². The minimum atomic E-state index is -0.722. The standard InChI is InChI=1S/C33H59N5O4/c1-21(2)26(20-23(5)30(41)38-19-15-17-25(38)29(40)35-33(9,10)11)36(12)31(42)27(32(6,7)8)34-28(39)24-16-13-14-18-37(24)22(3)4/h20-22,24-27H,13-19H2,1-12H3,(H,34,39)(H,35,40)/b23-20+/t24?,25-,26+,27+/m0/s1. The zero-order valence-electron chi connectivity index (χ0n) is 28.5. The van der Waals surface area contributed by atoms with Crippen molar-refractivity contribution in [1.82, 2.24) is 25.3 Å². The Morgan fingerprint density at radius 1 is 0.857 bits per heavy atom. The molecule has 0 radical (unpaired) electrons. The van der Waals surface area contributed by atoms with E-state index in [2.05, 4.69) is 29.4 Å². The Kier molecular flexibility index (Phi) is 12.2. The van der Waals surface area contributed by atoms with Gasteiger partial charge in [0.25, 0.3) is 0 Å². The first-order valence-electron chi connectivity index (χ1n) is 15.9. The minimum Gasteiger partial charge on any atom is -0.350 e. The smallest absolute Gasteiger partial charge is 0.249 e. The predicted molar refractivity (Wildman–Crippen MR) is 169 cm³/mol. The van der Waals surface area contributed by atoms with E-state index in [0.717, 1.165) is 32.2 Å². The summed E-state index contributed by atoms with van der Waals surface area (Å²) in [5.74, 6) is -0.568. The Bertz CT molecular complexity index is 1010. The summed E-state index contributed by atoms with van der Waals surface area (Å²) in [6, 6.07) is -1.58. The summed E-state index contributed by atoms with van der Waals surface area (Å²) in [7, 11) is 1.75. The minimum absolute atomic E-state index is 0.0198. The molecule has 240 valence electrons. The molecule has 9 nitrogen and oxygen atoms in total. The maximum atomic E-state index is 14.1. The van der Waals surface area contributed by atoms with Gasteiger partial charge in [-0.2, -0.15) is 0 Å². The first kappa shape index (κ1) is 35.8. The third-order valence-electron chi connectivity index (χ3n) is 8.46. The van der Waals surface area contributed by atoms with Crippen LogP contribution in [0, 0.1) is 11.3 Å². The van der Waals surface area contributed by atoms with Crippen molar-refractivity contribution >= 4 is 23.6 Å². The number of carbonyl (C=O) groups is 4. The molecular weight excluding hydrogens is 530 g/mol. The van der Waals surface area contributed by atoms with E-state index in [-0.39, 0.29) is 53.2 Å². The van der Waals surface area contributed by atoms with Crippen LogP contribution in [0.25, 0.3) is 0 Å². The zero-order chi connectivity index (χ0) is 32.2. The van der Waals surface area contributed by atoms with Gasteiger partial charge in [-0.15, -0.1) is 0 Å². The van der Waals surface area contributed by atoms with Gasteiger partial charge < -0.3 is 20.4 Å². The van der Waals surface area contributed by atoms with Crippen LogP contribution in [0.5, 0.6) is 0 Å². The summed E-state index contributed by atoms with van der Waals surface area (Å²) < 4.78 is 0.